The van der Waals surface area contributed by atoms with Crippen molar-refractivity contribution < 1.29 is 4.79 Å². The molecular weight excluding hydrogens is 196 g/mol. The van der Waals surface area contributed by atoms with E-state index in [1.807, 2.05) is 11.8 Å². The Morgan fingerprint density at radius 2 is 2.07 bits per heavy atom. The maximum atomic E-state index is 11.9. The number of likely N-dealkylation sites (tertiary alicyclic amines) is 1. The van der Waals surface area contributed by atoms with E-state index in [2.05, 4.69) is 0 Å². The van der Waals surface area contributed by atoms with E-state index < -0.39 is 0 Å². The van der Waals surface area contributed by atoms with Gasteiger partial charge in [-0.3, -0.25) is 4.79 Å². The largest absolute Gasteiger partial charge is 0.342 e. The van der Waals surface area contributed by atoms with Gasteiger partial charge in [-0.1, -0.05) is 0 Å². The van der Waals surface area contributed by atoms with Crippen LogP contribution in [0.5, 0.6) is 0 Å². The lowest BCUT2D eigenvalue weighted by atomic mass is 10.1. The van der Waals surface area contributed by atoms with Crippen molar-refractivity contribution in [3.63, 3.8) is 0 Å². The highest BCUT2D eigenvalue weighted by Crippen LogP contribution is 2.16. The molecule has 4 heteroatoms. The molecule has 0 aromatic rings. The summed E-state index contributed by atoms with van der Waals surface area (Å²) >= 11 is 1.66. The minimum absolute atomic E-state index is 0.0802. The number of carbonyl (C=O) groups is 1. The molecule has 2 N–H and O–H groups in total. The summed E-state index contributed by atoms with van der Waals surface area (Å²) in [5.41, 5.74) is 5.41. The van der Waals surface area contributed by atoms with Crippen LogP contribution in [-0.2, 0) is 4.79 Å². The molecule has 0 aliphatic carbocycles. The molecule has 1 unspecified atom stereocenters. The van der Waals surface area contributed by atoms with Crippen molar-refractivity contribution in [1.29, 1.82) is 0 Å². The number of thioether (sulfide) groups is 1. The first-order valence-electron chi connectivity index (χ1n) is 5.36. The number of piperidine rings is 1. The van der Waals surface area contributed by atoms with Gasteiger partial charge in [0.05, 0.1) is 5.25 Å². The van der Waals surface area contributed by atoms with Gasteiger partial charge in [0.2, 0.25) is 5.91 Å². The van der Waals surface area contributed by atoms with E-state index >= 15 is 0 Å². The zero-order valence-electron chi connectivity index (χ0n) is 8.87. The second kappa shape index (κ2) is 6.30. The molecule has 0 aromatic carbocycles. The molecule has 0 radical (unpaired) electrons. The van der Waals surface area contributed by atoms with Gasteiger partial charge in [-0.15, -0.1) is 11.8 Å². The molecule has 1 rings (SSSR count). The predicted molar refractivity (Wildman–Crippen MR) is 61.4 cm³/mol. The van der Waals surface area contributed by atoms with Crippen molar-refractivity contribution >= 4 is 17.7 Å². The molecule has 1 aliphatic rings. The van der Waals surface area contributed by atoms with Gasteiger partial charge >= 0.3 is 0 Å². The van der Waals surface area contributed by atoms with E-state index in [9.17, 15) is 4.79 Å². The van der Waals surface area contributed by atoms with Crippen LogP contribution < -0.4 is 5.73 Å². The van der Waals surface area contributed by atoms with Crippen LogP contribution in [0.25, 0.3) is 0 Å². The third-order valence-electron chi connectivity index (χ3n) is 2.50. The van der Waals surface area contributed by atoms with Gasteiger partial charge in [0.25, 0.3) is 0 Å². The average molecular weight is 216 g/mol. The molecule has 14 heavy (non-hydrogen) atoms. The Morgan fingerprint density at radius 3 is 2.64 bits per heavy atom. The summed E-state index contributed by atoms with van der Waals surface area (Å²) in [6.07, 6.45) is 3.61. The summed E-state index contributed by atoms with van der Waals surface area (Å²) in [6, 6.07) is 0. The lowest BCUT2D eigenvalue weighted by Crippen LogP contribution is -2.40. The number of carbonyl (C=O) groups excluding carboxylic acids is 1. The van der Waals surface area contributed by atoms with Crippen LogP contribution in [0.4, 0.5) is 0 Å². The van der Waals surface area contributed by atoms with Crippen LogP contribution in [0, 0.1) is 0 Å². The normalized spacial score (nSPS) is 19.4. The first-order valence-corrected chi connectivity index (χ1v) is 6.41. The van der Waals surface area contributed by atoms with Gasteiger partial charge in [0.1, 0.15) is 0 Å². The summed E-state index contributed by atoms with van der Waals surface area (Å²) in [4.78, 5) is 13.9. The molecular formula is C10H20N2OS. The summed E-state index contributed by atoms with van der Waals surface area (Å²) in [7, 11) is 0. The summed E-state index contributed by atoms with van der Waals surface area (Å²) in [5, 5.41) is 0.0802. The highest BCUT2D eigenvalue weighted by Gasteiger charge is 2.21. The van der Waals surface area contributed by atoms with Gasteiger partial charge in [0, 0.05) is 25.4 Å². The molecule has 1 amide bonds. The summed E-state index contributed by atoms with van der Waals surface area (Å²) in [6.45, 7) is 4.54. The van der Waals surface area contributed by atoms with Crippen LogP contribution in [0.15, 0.2) is 0 Å². The number of hydrogen-bond acceptors (Lipinski definition) is 3. The van der Waals surface area contributed by atoms with Gasteiger partial charge in [-0.2, -0.15) is 0 Å². The number of amides is 1. The molecule has 0 spiro atoms. The molecule has 1 fully saturated rings. The zero-order valence-corrected chi connectivity index (χ0v) is 9.68. The fourth-order valence-electron chi connectivity index (χ4n) is 1.69. The molecule has 0 aromatic heterocycles. The van der Waals surface area contributed by atoms with Crippen molar-refractivity contribution in [1.82, 2.24) is 4.90 Å². The predicted octanol–water partition coefficient (Wildman–Crippen LogP) is 1.08. The van der Waals surface area contributed by atoms with Crippen LogP contribution >= 0.6 is 11.8 Å². The fraction of sp³-hybridized carbons (Fsp3) is 0.900. The Balaban J connectivity index is 2.30. The van der Waals surface area contributed by atoms with Crippen molar-refractivity contribution in [3.05, 3.63) is 0 Å². The third-order valence-corrected chi connectivity index (χ3v) is 3.67. The quantitative estimate of drug-likeness (QED) is 0.765. The molecule has 1 atom stereocenters. The lowest BCUT2D eigenvalue weighted by Gasteiger charge is -2.29. The Bertz CT molecular complexity index is 181. The molecule has 0 bridgehead atoms. The van der Waals surface area contributed by atoms with Gasteiger partial charge < -0.3 is 10.6 Å². The minimum atomic E-state index is 0.0802. The van der Waals surface area contributed by atoms with Crippen molar-refractivity contribution in [2.24, 2.45) is 5.73 Å². The smallest absolute Gasteiger partial charge is 0.235 e. The SMILES string of the molecule is CC(SCCN)C(=O)N1CCCCC1. The maximum absolute atomic E-state index is 11.9. The third kappa shape index (κ3) is 3.50. The lowest BCUT2D eigenvalue weighted by molar-refractivity contribution is -0.131. The van der Waals surface area contributed by atoms with Crippen LogP contribution in [0.1, 0.15) is 26.2 Å². The second-order valence-corrected chi connectivity index (χ2v) is 5.14. The highest BCUT2D eigenvalue weighted by atomic mass is 32.2. The fourth-order valence-corrected chi connectivity index (χ4v) is 2.47. The number of rotatable bonds is 4. The zero-order chi connectivity index (χ0) is 10.4. The molecule has 0 saturated carbocycles. The topological polar surface area (TPSA) is 46.3 Å². The van der Waals surface area contributed by atoms with Crippen molar-refractivity contribution in [2.45, 2.75) is 31.4 Å². The summed E-state index contributed by atoms with van der Waals surface area (Å²) < 4.78 is 0. The van der Waals surface area contributed by atoms with E-state index in [0.29, 0.717) is 12.5 Å². The number of nitrogens with two attached hydrogens (primary N) is 1. The van der Waals surface area contributed by atoms with Crippen molar-refractivity contribution in [3.8, 4) is 0 Å². The van der Waals surface area contributed by atoms with Gasteiger partial charge in [-0.05, 0) is 26.2 Å². The molecule has 1 heterocycles. The Hall–Kier alpha value is -0.220. The van der Waals surface area contributed by atoms with E-state index in [1.165, 1.54) is 19.3 Å². The van der Waals surface area contributed by atoms with E-state index in [-0.39, 0.29) is 5.25 Å². The highest BCUT2D eigenvalue weighted by molar-refractivity contribution is 8.00. The number of nitrogens with zero attached hydrogens (tertiary/aromatic N) is 1. The molecule has 1 aliphatic heterocycles. The molecule has 1 saturated heterocycles. The Kier molecular flexibility index (Phi) is 5.33. The monoisotopic (exact) mass is 216 g/mol. The van der Waals surface area contributed by atoms with Crippen LogP contribution in [0.2, 0.25) is 0 Å². The van der Waals surface area contributed by atoms with E-state index in [4.69, 9.17) is 5.73 Å². The van der Waals surface area contributed by atoms with E-state index in [1.54, 1.807) is 11.8 Å². The Labute approximate surface area is 90.4 Å². The first-order chi connectivity index (χ1) is 6.75. The number of hydrogen-bond donors (Lipinski definition) is 1. The van der Waals surface area contributed by atoms with Crippen LogP contribution in [-0.4, -0.2) is 41.4 Å². The van der Waals surface area contributed by atoms with Gasteiger partial charge in [-0.25, -0.2) is 0 Å². The molecule has 82 valence electrons. The second-order valence-electron chi connectivity index (χ2n) is 3.69. The first kappa shape index (κ1) is 11.9. The van der Waals surface area contributed by atoms with Crippen LogP contribution in [0.3, 0.4) is 0 Å². The maximum Gasteiger partial charge on any atom is 0.235 e. The van der Waals surface area contributed by atoms with Gasteiger partial charge in [0.15, 0.2) is 0 Å². The Morgan fingerprint density at radius 1 is 1.43 bits per heavy atom. The minimum Gasteiger partial charge on any atom is -0.342 e. The average Bonchev–Trinajstić information content (AvgIpc) is 2.26. The summed E-state index contributed by atoms with van der Waals surface area (Å²) in [5.74, 6) is 1.17. The standard InChI is InChI=1S/C10H20N2OS/c1-9(14-8-5-11)10(13)12-6-3-2-4-7-12/h9H,2-8,11H2,1H3. The van der Waals surface area contributed by atoms with Crippen molar-refractivity contribution in [2.75, 3.05) is 25.4 Å². The van der Waals surface area contributed by atoms with E-state index in [0.717, 1.165) is 18.8 Å². The molecule has 3 nitrogen and oxygen atoms in total.